The van der Waals surface area contributed by atoms with Crippen LogP contribution in [0.2, 0.25) is 0 Å². The Bertz CT molecular complexity index is 882. The highest BCUT2D eigenvalue weighted by Crippen LogP contribution is 2.22. The zero-order chi connectivity index (χ0) is 21.5. The minimum atomic E-state index is -0.243. The molecule has 4 amide bonds. The van der Waals surface area contributed by atoms with E-state index < -0.39 is 0 Å². The van der Waals surface area contributed by atoms with E-state index in [2.05, 4.69) is 38.0 Å². The van der Waals surface area contributed by atoms with Crippen molar-refractivity contribution in [3.63, 3.8) is 0 Å². The normalized spacial score (nSPS) is 13.3. The van der Waals surface area contributed by atoms with Crippen molar-refractivity contribution in [3.05, 3.63) is 58.9 Å². The number of rotatable bonds is 6. The number of urea groups is 2. The predicted molar refractivity (Wildman–Crippen MR) is 117 cm³/mol. The number of fused-ring (bicyclic) bond motifs is 1. The average molecular weight is 411 g/mol. The van der Waals surface area contributed by atoms with Crippen LogP contribution in [0.25, 0.3) is 0 Å². The Morgan fingerprint density at radius 2 is 2.00 bits per heavy atom. The smallest absolute Gasteiger partial charge is 0.319 e. The molecule has 8 heteroatoms. The minimum absolute atomic E-state index is 0.0690. The lowest BCUT2D eigenvalue weighted by atomic mass is 9.94. The van der Waals surface area contributed by atoms with E-state index in [0.717, 1.165) is 37.3 Å². The van der Waals surface area contributed by atoms with Crippen molar-refractivity contribution in [2.45, 2.75) is 26.4 Å². The van der Waals surface area contributed by atoms with E-state index in [0.29, 0.717) is 18.8 Å². The summed E-state index contributed by atoms with van der Waals surface area (Å²) in [6.07, 6.45) is 2.58. The number of aromatic nitrogens is 1. The molecular formula is C22H30N6O2. The molecule has 0 saturated heterocycles. The molecular weight excluding hydrogens is 380 g/mol. The first-order valence-corrected chi connectivity index (χ1v) is 10.2. The van der Waals surface area contributed by atoms with Gasteiger partial charge in [-0.1, -0.05) is 18.2 Å². The summed E-state index contributed by atoms with van der Waals surface area (Å²) in [4.78, 5) is 31.9. The highest BCUT2D eigenvalue weighted by atomic mass is 16.2. The molecule has 0 spiro atoms. The summed E-state index contributed by atoms with van der Waals surface area (Å²) in [6.45, 7) is 5.61. The Kier molecular flexibility index (Phi) is 7.24. The van der Waals surface area contributed by atoms with Crippen LogP contribution in [0.5, 0.6) is 0 Å². The fourth-order valence-electron chi connectivity index (χ4n) is 3.48. The van der Waals surface area contributed by atoms with Gasteiger partial charge >= 0.3 is 12.1 Å². The van der Waals surface area contributed by atoms with Crippen LogP contribution in [0.3, 0.4) is 0 Å². The molecule has 0 atom stereocenters. The van der Waals surface area contributed by atoms with Crippen LogP contribution in [0, 0.1) is 6.92 Å². The molecule has 2 heterocycles. The number of aryl methyl sites for hydroxylation is 1. The van der Waals surface area contributed by atoms with Gasteiger partial charge in [-0.3, -0.25) is 9.88 Å². The maximum absolute atomic E-state index is 12.2. The highest BCUT2D eigenvalue weighted by molar-refractivity contribution is 5.88. The predicted octanol–water partition coefficient (Wildman–Crippen LogP) is 2.34. The quantitative estimate of drug-likeness (QED) is 0.682. The lowest BCUT2D eigenvalue weighted by molar-refractivity contribution is 0.211. The first-order valence-electron chi connectivity index (χ1n) is 10.2. The average Bonchev–Trinajstić information content (AvgIpc) is 2.73. The highest BCUT2D eigenvalue weighted by Gasteiger charge is 2.19. The Morgan fingerprint density at radius 3 is 2.73 bits per heavy atom. The van der Waals surface area contributed by atoms with Gasteiger partial charge in [0, 0.05) is 52.5 Å². The molecule has 8 nitrogen and oxygen atoms in total. The zero-order valence-electron chi connectivity index (χ0n) is 17.9. The summed E-state index contributed by atoms with van der Waals surface area (Å²) in [6, 6.07) is 9.63. The molecule has 0 bridgehead atoms. The van der Waals surface area contributed by atoms with E-state index in [9.17, 15) is 9.59 Å². The molecule has 160 valence electrons. The van der Waals surface area contributed by atoms with Crippen LogP contribution in [0.1, 0.15) is 22.4 Å². The summed E-state index contributed by atoms with van der Waals surface area (Å²) < 4.78 is 0. The van der Waals surface area contributed by atoms with E-state index in [-0.39, 0.29) is 12.1 Å². The number of pyridine rings is 1. The van der Waals surface area contributed by atoms with E-state index in [1.54, 1.807) is 20.3 Å². The van der Waals surface area contributed by atoms with Gasteiger partial charge in [-0.05, 0) is 42.2 Å². The van der Waals surface area contributed by atoms with Gasteiger partial charge in [0.25, 0.3) is 0 Å². The summed E-state index contributed by atoms with van der Waals surface area (Å²) in [5.74, 6) is 0. The Morgan fingerprint density at radius 1 is 1.17 bits per heavy atom. The van der Waals surface area contributed by atoms with Crippen LogP contribution in [-0.4, -0.2) is 60.6 Å². The number of carbonyl (C=O) groups excluding carboxylic acids is 2. The number of carbonyl (C=O) groups is 2. The molecule has 0 aliphatic carbocycles. The Balaban J connectivity index is 1.51. The fraction of sp³-hybridized carbons (Fsp3) is 0.409. The number of nitrogens with zero attached hydrogens (tertiary/aromatic N) is 3. The second-order valence-electron chi connectivity index (χ2n) is 7.70. The molecule has 0 unspecified atom stereocenters. The van der Waals surface area contributed by atoms with Crippen LogP contribution in [-0.2, 0) is 19.5 Å². The molecule has 0 radical (unpaired) electrons. The summed E-state index contributed by atoms with van der Waals surface area (Å²) in [5, 5.41) is 8.65. The largest absolute Gasteiger partial charge is 0.337 e. The molecule has 1 aliphatic rings. The van der Waals surface area contributed by atoms with Gasteiger partial charge in [-0.25, -0.2) is 9.59 Å². The standard InChI is InChI=1S/C22H30N6O2/c1-16-7-8-19(14-24-16)26-21(29)25-13-17-5-4-6-18-15-28(11-9-20(17)18)12-10-23-22(30)27(2)3/h4-8,14H,9-13,15H2,1-3H3,(H,23,30)(H2,25,26,29). The molecule has 1 aromatic heterocycles. The third-order valence-electron chi connectivity index (χ3n) is 5.16. The number of amides is 4. The van der Waals surface area contributed by atoms with Gasteiger partial charge in [0.05, 0.1) is 11.9 Å². The lowest BCUT2D eigenvalue weighted by Gasteiger charge is -2.30. The van der Waals surface area contributed by atoms with Gasteiger partial charge in [0.1, 0.15) is 0 Å². The van der Waals surface area contributed by atoms with Crippen molar-refractivity contribution in [3.8, 4) is 0 Å². The second kappa shape index (κ2) is 10.1. The number of hydrogen-bond acceptors (Lipinski definition) is 4. The molecule has 3 rings (SSSR count). The van der Waals surface area contributed by atoms with Gasteiger partial charge in [-0.15, -0.1) is 0 Å². The van der Waals surface area contributed by atoms with Crippen LogP contribution in [0.15, 0.2) is 36.5 Å². The third kappa shape index (κ3) is 5.93. The lowest BCUT2D eigenvalue weighted by Crippen LogP contribution is -2.41. The number of nitrogens with one attached hydrogen (secondary N) is 3. The molecule has 0 fully saturated rings. The van der Waals surface area contributed by atoms with Crippen molar-refractivity contribution in [2.75, 3.05) is 39.0 Å². The number of anilines is 1. The van der Waals surface area contributed by atoms with Crippen LogP contribution < -0.4 is 16.0 Å². The first kappa shape index (κ1) is 21.6. The SMILES string of the molecule is Cc1ccc(NC(=O)NCc2cccc3c2CCN(CCNC(=O)N(C)C)C3)cn1. The third-order valence-corrected chi connectivity index (χ3v) is 5.16. The van der Waals surface area contributed by atoms with Crippen molar-refractivity contribution in [1.29, 1.82) is 0 Å². The van der Waals surface area contributed by atoms with Crippen molar-refractivity contribution < 1.29 is 9.59 Å². The first-order chi connectivity index (χ1) is 14.4. The summed E-state index contributed by atoms with van der Waals surface area (Å²) in [5.41, 5.74) is 5.31. The number of hydrogen-bond donors (Lipinski definition) is 3. The van der Waals surface area contributed by atoms with Crippen LogP contribution >= 0.6 is 0 Å². The van der Waals surface area contributed by atoms with Gasteiger partial charge < -0.3 is 20.9 Å². The van der Waals surface area contributed by atoms with Crippen LogP contribution in [0.4, 0.5) is 15.3 Å². The molecule has 1 aliphatic heterocycles. The second-order valence-corrected chi connectivity index (χ2v) is 7.70. The fourth-order valence-corrected chi connectivity index (χ4v) is 3.48. The molecule has 30 heavy (non-hydrogen) atoms. The molecule has 0 saturated carbocycles. The Labute approximate surface area is 177 Å². The van der Waals surface area contributed by atoms with E-state index >= 15 is 0 Å². The summed E-state index contributed by atoms with van der Waals surface area (Å²) >= 11 is 0. The topological polar surface area (TPSA) is 89.6 Å². The van der Waals surface area contributed by atoms with E-state index in [1.807, 2.05) is 25.1 Å². The van der Waals surface area contributed by atoms with Crippen molar-refractivity contribution in [1.82, 2.24) is 25.4 Å². The maximum atomic E-state index is 12.2. The minimum Gasteiger partial charge on any atom is -0.337 e. The molecule has 3 N–H and O–H groups in total. The van der Waals surface area contributed by atoms with E-state index in [4.69, 9.17) is 0 Å². The van der Waals surface area contributed by atoms with E-state index in [1.165, 1.54) is 16.0 Å². The molecule has 2 aromatic rings. The monoisotopic (exact) mass is 410 g/mol. The van der Waals surface area contributed by atoms with Crippen molar-refractivity contribution in [2.24, 2.45) is 0 Å². The maximum Gasteiger partial charge on any atom is 0.319 e. The molecule has 1 aromatic carbocycles. The number of benzene rings is 1. The summed E-state index contributed by atoms with van der Waals surface area (Å²) in [7, 11) is 3.47. The van der Waals surface area contributed by atoms with Gasteiger partial charge in [-0.2, -0.15) is 0 Å². The van der Waals surface area contributed by atoms with Gasteiger partial charge in [0.2, 0.25) is 0 Å². The zero-order valence-corrected chi connectivity index (χ0v) is 17.9. The Hall–Kier alpha value is -3.13. The van der Waals surface area contributed by atoms with Gasteiger partial charge in [0.15, 0.2) is 0 Å². The van der Waals surface area contributed by atoms with Crippen molar-refractivity contribution >= 4 is 17.7 Å².